The highest BCUT2D eigenvalue weighted by Gasteiger charge is 2.03. The van der Waals surface area contributed by atoms with Crippen molar-refractivity contribution in [1.82, 2.24) is 4.98 Å². The molecule has 3 rings (SSSR count). The average Bonchev–Trinajstić information content (AvgIpc) is 2.56. The zero-order chi connectivity index (χ0) is 15.4. The van der Waals surface area contributed by atoms with Crippen LogP contribution in [0.1, 0.15) is 11.1 Å². The van der Waals surface area contributed by atoms with Crippen molar-refractivity contribution < 1.29 is 5.11 Å². The molecule has 0 aliphatic rings. The van der Waals surface area contributed by atoms with E-state index in [0.29, 0.717) is 12.0 Å². The predicted molar refractivity (Wildman–Crippen MR) is 91.0 cm³/mol. The molecule has 1 N–H and O–H groups in total. The average molecular weight is 288 g/mol. The molecule has 0 bridgehead atoms. The van der Waals surface area contributed by atoms with Gasteiger partial charge in [-0.1, -0.05) is 24.3 Å². The van der Waals surface area contributed by atoms with Gasteiger partial charge in [0, 0.05) is 23.4 Å². The molecule has 3 aromatic rings. The van der Waals surface area contributed by atoms with E-state index >= 15 is 0 Å². The zero-order valence-electron chi connectivity index (χ0n) is 12.1. The van der Waals surface area contributed by atoms with E-state index in [1.54, 1.807) is 18.5 Å². The number of aromatic nitrogens is 1. The van der Waals surface area contributed by atoms with Crippen molar-refractivity contribution in [2.45, 2.75) is 6.42 Å². The normalized spacial score (nSPS) is 11.1. The molecular formula is C19H16N2O. The smallest absolute Gasteiger partial charge is 0.127 e. The number of para-hydroxylation sites is 1. The first kappa shape index (κ1) is 14.0. The van der Waals surface area contributed by atoms with E-state index in [-0.39, 0.29) is 5.75 Å². The maximum absolute atomic E-state index is 10.2. The Morgan fingerprint density at radius 2 is 2.05 bits per heavy atom. The molecule has 0 aliphatic carbocycles. The summed E-state index contributed by atoms with van der Waals surface area (Å²) in [5.74, 6) is 0.258. The van der Waals surface area contributed by atoms with Crippen molar-refractivity contribution in [1.29, 1.82) is 0 Å². The van der Waals surface area contributed by atoms with Gasteiger partial charge in [0.05, 0.1) is 11.2 Å². The van der Waals surface area contributed by atoms with Crippen LogP contribution in [0.25, 0.3) is 10.9 Å². The van der Waals surface area contributed by atoms with Crippen LogP contribution in [0.2, 0.25) is 0 Å². The quantitative estimate of drug-likeness (QED) is 0.570. The van der Waals surface area contributed by atoms with Gasteiger partial charge in [-0.2, -0.15) is 0 Å². The molecule has 0 aliphatic heterocycles. The highest BCUT2D eigenvalue weighted by Crippen LogP contribution is 2.23. The number of pyridine rings is 1. The van der Waals surface area contributed by atoms with Crippen LogP contribution in [0, 0.1) is 0 Å². The SMILES string of the molecule is C=CCc1cccc(C=Nc2ccc3ncccc3c2)c1O. The lowest BCUT2D eigenvalue weighted by Gasteiger charge is -2.04. The van der Waals surface area contributed by atoms with Gasteiger partial charge >= 0.3 is 0 Å². The van der Waals surface area contributed by atoms with Crippen LogP contribution in [0.4, 0.5) is 5.69 Å². The molecule has 1 aromatic heterocycles. The Bertz CT molecular complexity index is 853. The number of allylic oxidation sites excluding steroid dienone is 1. The molecule has 0 saturated carbocycles. The topological polar surface area (TPSA) is 45.5 Å². The first-order valence-corrected chi connectivity index (χ1v) is 7.08. The van der Waals surface area contributed by atoms with Gasteiger partial charge in [0.25, 0.3) is 0 Å². The van der Waals surface area contributed by atoms with Crippen LogP contribution in [-0.4, -0.2) is 16.3 Å². The van der Waals surface area contributed by atoms with Gasteiger partial charge in [0.2, 0.25) is 0 Å². The lowest BCUT2D eigenvalue weighted by atomic mass is 10.1. The summed E-state index contributed by atoms with van der Waals surface area (Å²) < 4.78 is 0. The summed E-state index contributed by atoms with van der Waals surface area (Å²) in [4.78, 5) is 8.74. The van der Waals surface area contributed by atoms with Crippen molar-refractivity contribution in [2.24, 2.45) is 4.99 Å². The molecule has 108 valence electrons. The molecule has 0 unspecified atom stereocenters. The van der Waals surface area contributed by atoms with Gasteiger partial charge in [-0.3, -0.25) is 9.98 Å². The van der Waals surface area contributed by atoms with Gasteiger partial charge in [0.1, 0.15) is 5.75 Å². The Kier molecular flexibility index (Phi) is 3.97. The summed E-state index contributed by atoms with van der Waals surface area (Å²) in [6, 6.07) is 15.4. The third-order valence-electron chi connectivity index (χ3n) is 3.45. The Morgan fingerprint density at radius 1 is 1.14 bits per heavy atom. The number of benzene rings is 2. The van der Waals surface area contributed by atoms with E-state index in [1.165, 1.54) is 0 Å². The number of fused-ring (bicyclic) bond motifs is 1. The van der Waals surface area contributed by atoms with Crippen LogP contribution in [-0.2, 0) is 6.42 Å². The van der Waals surface area contributed by atoms with E-state index in [4.69, 9.17) is 0 Å². The molecule has 0 spiro atoms. The van der Waals surface area contributed by atoms with Crippen molar-refractivity contribution >= 4 is 22.8 Å². The number of aromatic hydroxyl groups is 1. The Morgan fingerprint density at radius 3 is 2.91 bits per heavy atom. The lowest BCUT2D eigenvalue weighted by Crippen LogP contribution is -1.88. The van der Waals surface area contributed by atoms with Crippen molar-refractivity contribution in [3.8, 4) is 5.75 Å². The summed E-state index contributed by atoms with van der Waals surface area (Å²) in [5, 5.41) is 11.3. The van der Waals surface area contributed by atoms with E-state index in [9.17, 15) is 5.11 Å². The molecule has 0 saturated heterocycles. The summed E-state index contributed by atoms with van der Waals surface area (Å²) in [6.07, 6.45) is 5.86. The summed E-state index contributed by atoms with van der Waals surface area (Å²) in [7, 11) is 0. The number of rotatable bonds is 4. The fraction of sp³-hybridized carbons (Fsp3) is 0.0526. The molecule has 0 radical (unpaired) electrons. The molecule has 0 amide bonds. The Balaban J connectivity index is 1.92. The number of nitrogens with zero attached hydrogens (tertiary/aromatic N) is 2. The highest BCUT2D eigenvalue weighted by molar-refractivity contribution is 5.88. The molecule has 22 heavy (non-hydrogen) atoms. The third kappa shape index (κ3) is 2.88. The first-order chi connectivity index (χ1) is 10.8. The van der Waals surface area contributed by atoms with Crippen LogP contribution in [0.15, 0.2) is 72.4 Å². The van der Waals surface area contributed by atoms with Crippen molar-refractivity contribution in [3.05, 3.63) is 78.5 Å². The van der Waals surface area contributed by atoms with Gasteiger partial charge < -0.3 is 5.11 Å². The maximum Gasteiger partial charge on any atom is 0.127 e. The van der Waals surface area contributed by atoms with Crippen LogP contribution in [0.3, 0.4) is 0 Å². The fourth-order valence-electron chi connectivity index (χ4n) is 2.32. The second-order valence-corrected chi connectivity index (χ2v) is 4.99. The minimum Gasteiger partial charge on any atom is -0.507 e. The Hall–Kier alpha value is -2.94. The van der Waals surface area contributed by atoms with Crippen LogP contribution < -0.4 is 0 Å². The summed E-state index contributed by atoms with van der Waals surface area (Å²) in [6.45, 7) is 3.70. The lowest BCUT2D eigenvalue weighted by molar-refractivity contribution is 0.469. The second kappa shape index (κ2) is 6.22. The van der Waals surface area contributed by atoms with Gasteiger partial charge in [-0.05, 0) is 42.3 Å². The van der Waals surface area contributed by atoms with E-state index < -0.39 is 0 Å². The molecule has 0 fully saturated rings. The van der Waals surface area contributed by atoms with Gasteiger partial charge in [0.15, 0.2) is 0 Å². The number of phenolic OH excluding ortho intramolecular Hbond substituents is 1. The number of hydrogen-bond donors (Lipinski definition) is 1. The molecule has 3 heteroatoms. The van der Waals surface area contributed by atoms with Crippen LogP contribution >= 0.6 is 0 Å². The summed E-state index contributed by atoms with van der Waals surface area (Å²) >= 11 is 0. The highest BCUT2D eigenvalue weighted by atomic mass is 16.3. The molecule has 1 heterocycles. The molecule has 3 nitrogen and oxygen atoms in total. The van der Waals surface area contributed by atoms with E-state index in [1.807, 2.05) is 48.5 Å². The number of hydrogen-bond acceptors (Lipinski definition) is 3. The molecular weight excluding hydrogens is 272 g/mol. The van der Waals surface area contributed by atoms with Gasteiger partial charge in [-0.25, -0.2) is 0 Å². The minimum atomic E-state index is 0.258. The second-order valence-electron chi connectivity index (χ2n) is 4.99. The largest absolute Gasteiger partial charge is 0.507 e. The fourth-order valence-corrected chi connectivity index (χ4v) is 2.32. The first-order valence-electron chi connectivity index (χ1n) is 7.08. The van der Waals surface area contributed by atoms with Crippen molar-refractivity contribution in [2.75, 3.05) is 0 Å². The number of aliphatic imine (C=N–C) groups is 1. The number of phenols is 1. The van der Waals surface area contributed by atoms with Crippen molar-refractivity contribution in [3.63, 3.8) is 0 Å². The van der Waals surface area contributed by atoms with Crippen LogP contribution in [0.5, 0.6) is 5.75 Å². The predicted octanol–water partition coefficient (Wildman–Crippen LogP) is 4.42. The monoisotopic (exact) mass is 288 g/mol. The minimum absolute atomic E-state index is 0.258. The van der Waals surface area contributed by atoms with Gasteiger partial charge in [-0.15, -0.1) is 6.58 Å². The zero-order valence-corrected chi connectivity index (χ0v) is 12.1. The third-order valence-corrected chi connectivity index (χ3v) is 3.45. The van der Waals surface area contributed by atoms with E-state index in [2.05, 4.69) is 16.6 Å². The standard InChI is InChI=1S/C19H16N2O/c1-2-5-14-6-3-7-16(19(14)22)13-21-17-9-10-18-15(12-17)8-4-11-20-18/h2-4,6-13,22H,1,5H2. The van der Waals surface area contributed by atoms with E-state index in [0.717, 1.165) is 22.2 Å². The summed E-state index contributed by atoms with van der Waals surface area (Å²) in [5.41, 5.74) is 3.32. The maximum atomic E-state index is 10.2. The molecule has 2 aromatic carbocycles. The molecule has 0 atom stereocenters. The Labute approximate surface area is 129 Å².